The Morgan fingerprint density at radius 2 is 2.08 bits per heavy atom. The van der Waals surface area contributed by atoms with Gasteiger partial charge in [-0.05, 0) is 18.6 Å². The van der Waals surface area contributed by atoms with Crippen LogP contribution in [-0.2, 0) is 4.74 Å². The molecule has 0 unspecified atom stereocenters. The van der Waals surface area contributed by atoms with E-state index in [2.05, 4.69) is 36.1 Å². The Hall–Kier alpha value is -1.31. The van der Waals surface area contributed by atoms with Gasteiger partial charge in [0.25, 0.3) is 0 Å². The normalized spacial score (nSPS) is 20.8. The Morgan fingerprint density at radius 1 is 1.23 bits per heavy atom. The molecule has 0 spiro atoms. The van der Waals surface area contributed by atoms with Crippen molar-refractivity contribution in [2.75, 3.05) is 14.2 Å². The highest BCUT2D eigenvalue weighted by Gasteiger charge is 2.24. The van der Waals surface area contributed by atoms with Gasteiger partial charge in [0.1, 0.15) is 19.0 Å². The molecule has 0 saturated heterocycles. The van der Waals surface area contributed by atoms with Gasteiger partial charge in [0, 0.05) is 6.42 Å². The highest BCUT2D eigenvalue weighted by Crippen LogP contribution is 2.28. The summed E-state index contributed by atoms with van der Waals surface area (Å²) in [6, 6.07) is 0. The average Bonchev–Trinajstić information content (AvgIpc) is 2.71. The van der Waals surface area contributed by atoms with E-state index < -0.39 is 0 Å². The van der Waals surface area contributed by atoms with Crippen molar-refractivity contribution in [2.24, 2.45) is 0 Å². The SMILES string of the molecule is COC1=CCC=C1C1=CCC=[N+]1C. The number of nitrogens with zero attached hydrogens (tertiary/aromatic N) is 1. The minimum atomic E-state index is 0.990. The Kier molecular flexibility index (Phi) is 2.05. The first kappa shape index (κ1) is 8.30. The fraction of sp³-hybridized carbons (Fsp3) is 0.364. The van der Waals surface area contributed by atoms with Crippen molar-refractivity contribution in [1.82, 2.24) is 0 Å². The Labute approximate surface area is 78.5 Å². The summed E-state index contributed by atoms with van der Waals surface area (Å²) in [5.74, 6) is 1.01. The molecule has 0 N–H and O–H groups in total. The second-order valence-corrected chi connectivity index (χ2v) is 3.24. The summed E-state index contributed by atoms with van der Waals surface area (Å²) < 4.78 is 7.45. The summed E-state index contributed by atoms with van der Waals surface area (Å²) in [5, 5.41) is 0. The third kappa shape index (κ3) is 1.32. The van der Waals surface area contributed by atoms with Gasteiger partial charge < -0.3 is 4.74 Å². The van der Waals surface area contributed by atoms with E-state index in [0.717, 1.165) is 18.6 Å². The van der Waals surface area contributed by atoms with E-state index in [0.29, 0.717) is 0 Å². The Morgan fingerprint density at radius 3 is 2.69 bits per heavy atom. The molecule has 68 valence electrons. The average molecular weight is 176 g/mol. The summed E-state index contributed by atoms with van der Waals surface area (Å²) in [6.45, 7) is 0. The number of methoxy groups -OCH3 is 1. The Balaban J connectivity index is 2.28. The maximum absolute atomic E-state index is 5.30. The molecule has 0 amide bonds. The third-order valence-corrected chi connectivity index (χ3v) is 2.46. The van der Waals surface area contributed by atoms with Gasteiger partial charge in [-0.15, -0.1) is 0 Å². The van der Waals surface area contributed by atoms with Crippen LogP contribution in [-0.4, -0.2) is 24.9 Å². The second kappa shape index (κ2) is 3.21. The lowest BCUT2D eigenvalue weighted by molar-refractivity contribution is -0.431. The maximum atomic E-state index is 5.30. The van der Waals surface area contributed by atoms with Gasteiger partial charge in [-0.25, -0.2) is 4.58 Å². The molecule has 1 heterocycles. The van der Waals surface area contributed by atoms with Crippen molar-refractivity contribution in [3.05, 3.63) is 35.3 Å². The van der Waals surface area contributed by atoms with Gasteiger partial charge in [0.05, 0.1) is 12.7 Å². The van der Waals surface area contributed by atoms with Crippen molar-refractivity contribution >= 4 is 6.21 Å². The summed E-state index contributed by atoms with van der Waals surface area (Å²) in [5.41, 5.74) is 2.50. The summed E-state index contributed by atoms with van der Waals surface area (Å²) in [7, 11) is 3.80. The predicted molar refractivity (Wildman–Crippen MR) is 52.7 cm³/mol. The van der Waals surface area contributed by atoms with E-state index in [1.807, 2.05) is 0 Å². The van der Waals surface area contributed by atoms with Crippen LogP contribution >= 0.6 is 0 Å². The van der Waals surface area contributed by atoms with Crippen LogP contribution in [0.3, 0.4) is 0 Å². The zero-order chi connectivity index (χ0) is 9.26. The highest BCUT2D eigenvalue weighted by molar-refractivity contribution is 5.60. The summed E-state index contributed by atoms with van der Waals surface area (Å²) in [6.07, 6.45) is 10.7. The quantitative estimate of drug-likeness (QED) is 0.585. The first-order valence-electron chi connectivity index (χ1n) is 4.54. The molecule has 0 atom stereocenters. The molecule has 0 aromatic heterocycles. The number of hydrogen-bond acceptors (Lipinski definition) is 1. The van der Waals surface area contributed by atoms with Gasteiger partial charge >= 0.3 is 0 Å². The van der Waals surface area contributed by atoms with Crippen molar-refractivity contribution in [1.29, 1.82) is 0 Å². The van der Waals surface area contributed by atoms with Crippen LogP contribution in [0.4, 0.5) is 0 Å². The van der Waals surface area contributed by atoms with Gasteiger partial charge in [0.15, 0.2) is 0 Å². The molecule has 1 aliphatic heterocycles. The molecule has 0 saturated carbocycles. The van der Waals surface area contributed by atoms with Crippen LogP contribution < -0.4 is 0 Å². The molecule has 0 aromatic carbocycles. The molecule has 0 radical (unpaired) electrons. The standard InChI is InChI=1S/C11H14NO/c1-12-8-4-6-10(12)9-5-3-7-11(9)13-2/h5-8H,3-4H2,1-2H3/q+1. The highest BCUT2D eigenvalue weighted by atomic mass is 16.5. The van der Waals surface area contributed by atoms with E-state index >= 15 is 0 Å². The van der Waals surface area contributed by atoms with Crippen molar-refractivity contribution in [3.63, 3.8) is 0 Å². The third-order valence-electron chi connectivity index (χ3n) is 2.46. The number of ether oxygens (including phenoxy) is 1. The fourth-order valence-corrected chi connectivity index (χ4v) is 1.78. The molecule has 2 nitrogen and oxygen atoms in total. The Bertz CT molecular complexity index is 345. The van der Waals surface area contributed by atoms with Crippen molar-refractivity contribution in [3.8, 4) is 0 Å². The number of hydrogen-bond donors (Lipinski definition) is 0. The van der Waals surface area contributed by atoms with Gasteiger partial charge in [0.2, 0.25) is 5.70 Å². The lowest BCUT2D eigenvalue weighted by atomic mass is 10.2. The molecule has 2 aliphatic rings. The van der Waals surface area contributed by atoms with E-state index in [-0.39, 0.29) is 0 Å². The molecular formula is C11H14NO+. The molecule has 2 heteroatoms. The first-order valence-corrected chi connectivity index (χ1v) is 4.54. The fourth-order valence-electron chi connectivity index (χ4n) is 1.78. The molecule has 0 fully saturated rings. The molecule has 0 aromatic rings. The minimum absolute atomic E-state index is 0.990. The molecule has 13 heavy (non-hydrogen) atoms. The lowest BCUT2D eigenvalue weighted by Crippen LogP contribution is -2.05. The molecular weight excluding hydrogens is 162 g/mol. The van der Waals surface area contributed by atoms with Gasteiger partial charge in [-0.1, -0.05) is 6.08 Å². The maximum Gasteiger partial charge on any atom is 0.211 e. The van der Waals surface area contributed by atoms with Crippen LogP contribution in [0.15, 0.2) is 35.3 Å². The molecule has 2 rings (SSSR count). The zero-order valence-electron chi connectivity index (χ0n) is 8.08. The smallest absolute Gasteiger partial charge is 0.211 e. The van der Waals surface area contributed by atoms with Gasteiger partial charge in [-0.2, -0.15) is 0 Å². The summed E-state index contributed by atoms with van der Waals surface area (Å²) >= 11 is 0. The topological polar surface area (TPSA) is 12.2 Å². The second-order valence-electron chi connectivity index (χ2n) is 3.24. The predicted octanol–water partition coefficient (Wildman–Crippen LogP) is 1.85. The largest absolute Gasteiger partial charge is 0.496 e. The van der Waals surface area contributed by atoms with E-state index in [9.17, 15) is 0 Å². The summed E-state index contributed by atoms with van der Waals surface area (Å²) in [4.78, 5) is 0. The molecule has 1 aliphatic carbocycles. The van der Waals surface area contributed by atoms with Crippen molar-refractivity contribution < 1.29 is 9.31 Å². The van der Waals surface area contributed by atoms with Crippen LogP contribution in [0, 0.1) is 0 Å². The lowest BCUT2D eigenvalue weighted by Gasteiger charge is -2.04. The minimum Gasteiger partial charge on any atom is -0.496 e. The van der Waals surface area contributed by atoms with E-state index in [1.165, 1.54) is 11.3 Å². The van der Waals surface area contributed by atoms with Crippen LogP contribution in [0.1, 0.15) is 12.8 Å². The number of likely N-dealkylation sites (N-methyl/N-ethyl adjacent to an activating group) is 1. The van der Waals surface area contributed by atoms with Crippen molar-refractivity contribution in [2.45, 2.75) is 12.8 Å². The van der Waals surface area contributed by atoms with E-state index in [1.54, 1.807) is 7.11 Å². The van der Waals surface area contributed by atoms with Crippen LogP contribution in [0.2, 0.25) is 0 Å². The van der Waals surface area contributed by atoms with Crippen LogP contribution in [0.25, 0.3) is 0 Å². The van der Waals surface area contributed by atoms with E-state index in [4.69, 9.17) is 4.74 Å². The number of rotatable bonds is 2. The monoisotopic (exact) mass is 176 g/mol. The first-order chi connectivity index (χ1) is 6.33. The van der Waals surface area contributed by atoms with Crippen LogP contribution in [0.5, 0.6) is 0 Å². The molecule has 0 bridgehead atoms. The van der Waals surface area contributed by atoms with Gasteiger partial charge in [-0.3, -0.25) is 0 Å². The zero-order valence-corrected chi connectivity index (χ0v) is 8.08. The number of allylic oxidation sites excluding steroid dienone is 3.